The van der Waals surface area contributed by atoms with Crippen LogP contribution in [0, 0.1) is 0 Å². The second kappa shape index (κ2) is 7.03. The van der Waals surface area contributed by atoms with E-state index in [0.717, 1.165) is 31.6 Å². The first-order valence-electron chi connectivity index (χ1n) is 5.93. The number of ether oxygens (including phenoxy) is 1. The molecule has 1 aliphatic heterocycles. The van der Waals surface area contributed by atoms with Crippen molar-refractivity contribution in [1.29, 1.82) is 0 Å². The van der Waals surface area contributed by atoms with Crippen LogP contribution in [0.3, 0.4) is 0 Å². The van der Waals surface area contributed by atoms with Crippen LogP contribution < -0.4 is 10.7 Å². The third kappa shape index (κ3) is 4.38. The number of hydrogen-bond acceptors (Lipinski definition) is 4. The van der Waals surface area contributed by atoms with Crippen molar-refractivity contribution in [2.45, 2.75) is 18.9 Å². The smallest absolute Gasteiger partial charge is 0.187 e. The van der Waals surface area contributed by atoms with Crippen LogP contribution in [0.4, 0.5) is 0 Å². The molecular formula is C12H16N4OS. The molecule has 1 aliphatic rings. The summed E-state index contributed by atoms with van der Waals surface area (Å²) in [7, 11) is 0. The highest BCUT2D eigenvalue weighted by Gasteiger charge is 2.14. The molecule has 1 unspecified atom stereocenters. The fourth-order valence-electron chi connectivity index (χ4n) is 1.67. The van der Waals surface area contributed by atoms with Crippen molar-refractivity contribution in [3.63, 3.8) is 0 Å². The maximum atomic E-state index is 5.48. The van der Waals surface area contributed by atoms with E-state index < -0.39 is 0 Å². The molecule has 2 N–H and O–H groups in total. The highest BCUT2D eigenvalue weighted by molar-refractivity contribution is 7.80. The van der Waals surface area contributed by atoms with Crippen molar-refractivity contribution in [1.82, 2.24) is 15.7 Å². The second-order valence-corrected chi connectivity index (χ2v) is 4.41. The number of nitrogens with zero attached hydrogens (tertiary/aromatic N) is 2. The SMILES string of the molecule is S=C(NCC1CCCO1)N/N=C/c1cccnc1. The van der Waals surface area contributed by atoms with Crippen LogP contribution in [0.5, 0.6) is 0 Å². The minimum absolute atomic E-state index is 0.270. The third-order valence-electron chi connectivity index (χ3n) is 2.58. The van der Waals surface area contributed by atoms with Gasteiger partial charge in [0.05, 0.1) is 12.3 Å². The third-order valence-corrected chi connectivity index (χ3v) is 2.81. The summed E-state index contributed by atoms with van der Waals surface area (Å²) in [5.41, 5.74) is 3.68. The lowest BCUT2D eigenvalue weighted by molar-refractivity contribution is 0.114. The minimum atomic E-state index is 0.270. The topological polar surface area (TPSA) is 58.5 Å². The van der Waals surface area contributed by atoms with E-state index in [1.807, 2.05) is 12.1 Å². The van der Waals surface area contributed by atoms with Gasteiger partial charge in [-0.2, -0.15) is 5.10 Å². The van der Waals surface area contributed by atoms with E-state index in [9.17, 15) is 0 Å². The summed E-state index contributed by atoms with van der Waals surface area (Å²) in [6.45, 7) is 1.58. The van der Waals surface area contributed by atoms with E-state index in [2.05, 4.69) is 20.8 Å². The van der Waals surface area contributed by atoms with E-state index in [-0.39, 0.29) is 6.10 Å². The number of thiocarbonyl (C=S) groups is 1. The molecule has 1 aromatic rings. The lowest BCUT2D eigenvalue weighted by atomic mass is 10.2. The zero-order chi connectivity index (χ0) is 12.6. The van der Waals surface area contributed by atoms with E-state index >= 15 is 0 Å². The van der Waals surface area contributed by atoms with E-state index in [1.54, 1.807) is 18.6 Å². The molecule has 0 amide bonds. The van der Waals surface area contributed by atoms with Gasteiger partial charge in [0, 0.05) is 31.1 Å². The van der Waals surface area contributed by atoms with Crippen molar-refractivity contribution >= 4 is 23.5 Å². The summed E-state index contributed by atoms with van der Waals surface area (Å²) in [6.07, 6.45) is 7.62. The van der Waals surface area contributed by atoms with Gasteiger partial charge in [0.1, 0.15) is 0 Å². The van der Waals surface area contributed by atoms with Gasteiger partial charge in [-0.3, -0.25) is 10.4 Å². The van der Waals surface area contributed by atoms with E-state index in [1.165, 1.54) is 0 Å². The molecule has 0 saturated carbocycles. The molecular weight excluding hydrogens is 248 g/mol. The molecule has 96 valence electrons. The largest absolute Gasteiger partial charge is 0.376 e. The monoisotopic (exact) mass is 264 g/mol. The van der Waals surface area contributed by atoms with Gasteiger partial charge in [0.25, 0.3) is 0 Å². The maximum absolute atomic E-state index is 5.48. The van der Waals surface area contributed by atoms with Crippen LogP contribution in [0.1, 0.15) is 18.4 Å². The molecule has 5 nitrogen and oxygen atoms in total. The predicted octanol–water partition coefficient (Wildman–Crippen LogP) is 1.06. The van der Waals surface area contributed by atoms with Crippen molar-refractivity contribution in [3.8, 4) is 0 Å². The Bertz CT molecular complexity index is 404. The number of pyridine rings is 1. The zero-order valence-electron chi connectivity index (χ0n) is 10.0. The second-order valence-electron chi connectivity index (χ2n) is 4.00. The van der Waals surface area contributed by atoms with Crippen molar-refractivity contribution in [2.24, 2.45) is 5.10 Å². The first-order valence-corrected chi connectivity index (χ1v) is 6.34. The van der Waals surface area contributed by atoms with Crippen LogP contribution in [0.25, 0.3) is 0 Å². The van der Waals surface area contributed by atoms with E-state index in [0.29, 0.717) is 5.11 Å². The highest BCUT2D eigenvalue weighted by atomic mass is 32.1. The first-order chi connectivity index (χ1) is 8.84. The fraction of sp³-hybridized carbons (Fsp3) is 0.417. The van der Waals surface area contributed by atoms with Crippen molar-refractivity contribution < 1.29 is 4.74 Å². The Morgan fingerprint density at radius 3 is 3.33 bits per heavy atom. The quantitative estimate of drug-likeness (QED) is 0.484. The Labute approximate surface area is 112 Å². The van der Waals surface area contributed by atoms with Crippen LogP contribution >= 0.6 is 12.2 Å². The number of hydrazone groups is 1. The molecule has 0 radical (unpaired) electrons. The van der Waals surface area contributed by atoms with Gasteiger partial charge in [-0.25, -0.2) is 0 Å². The number of aromatic nitrogens is 1. The molecule has 0 aromatic carbocycles. The Morgan fingerprint density at radius 1 is 1.67 bits per heavy atom. The molecule has 2 rings (SSSR count). The van der Waals surface area contributed by atoms with Crippen LogP contribution in [0.2, 0.25) is 0 Å². The molecule has 2 heterocycles. The average Bonchev–Trinajstić information content (AvgIpc) is 2.91. The van der Waals surface area contributed by atoms with Gasteiger partial charge in [-0.1, -0.05) is 6.07 Å². The highest BCUT2D eigenvalue weighted by Crippen LogP contribution is 2.10. The van der Waals surface area contributed by atoms with Crippen LogP contribution in [0.15, 0.2) is 29.6 Å². The Balaban J connectivity index is 1.66. The molecule has 0 spiro atoms. The summed E-state index contributed by atoms with van der Waals surface area (Å²) in [5.74, 6) is 0. The Hall–Kier alpha value is -1.53. The average molecular weight is 264 g/mol. The van der Waals surface area contributed by atoms with Crippen LogP contribution in [-0.2, 0) is 4.74 Å². The summed E-state index contributed by atoms with van der Waals surface area (Å²) in [4.78, 5) is 3.99. The van der Waals surface area contributed by atoms with Crippen molar-refractivity contribution in [3.05, 3.63) is 30.1 Å². The Kier molecular flexibility index (Phi) is 5.04. The van der Waals surface area contributed by atoms with Gasteiger partial charge in [-0.05, 0) is 31.1 Å². The number of hydrogen-bond donors (Lipinski definition) is 2. The molecule has 1 fully saturated rings. The molecule has 18 heavy (non-hydrogen) atoms. The minimum Gasteiger partial charge on any atom is -0.376 e. The van der Waals surface area contributed by atoms with Gasteiger partial charge in [-0.15, -0.1) is 0 Å². The first kappa shape index (κ1) is 12.9. The Morgan fingerprint density at radius 2 is 2.61 bits per heavy atom. The molecule has 1 aromatic heterocycles. The number of nitrogens with one attached hydrogen (secondary N) is 2. The predicted molar refractivity (Wildman–Crippen MR) is 74.5 cm³/mol. The summed E-state index contributed by atoms with van der Waals surface area (Å²) < 4.78 is 5.48. The fourth-order valence-corrected chi connectivity index (χ4v) is 1.81. The summed E-state index contributed by atoms with van der Waals surface area (Å²) in [5, 5.41) is 7.61. The maximum Gasteiger partial charge on any atom is 0.187 e. The summed E-state index contributed by atoms with van der Waals surface area (Å²) >= 11 is 5.10. The lowest BCUT2D eigenvalue weighted by Crippen LogP contribution is -2.37. The number of rotatable bonds is 4. The normalized spacial score (nSPS) is 19.0. The van der Waals surface area contributed by atoms with Gasteiger partial charge in [0.15, 0.2) is 5.11 Å². The van der Waals surface area contributed by atoms with Gasteiger partial charge >= 0.3 is 0 Å². The zero-order valence-corrected chi connectivity index (χ0v) is 10.8. The van der Waals surface area contributed by atoms with Crippen LogP contribution in [-0.4, -0.2) is 35.6 Å². The molecule has 0 aliphatic carbocycles. The molecule has 6 heteroatoms. The van der Waals surface area contributed by atoms with E-state index in [4.69, 9.17) is 17.0 Å². The standard InChI is InChI=1S/C12H16N4OS/c18-12(14-9-11-4-2-6-17-11)16-15-8-10-3-1-5-13-7-10/h1,3,5,7-8,11H,2,4,6,9H2,(H2,14,16,18)/b15-8+. The summed E-state index contributed by atoms with van der Waals surface area (Å²) in [6, 6.07) is 3.77. The van der Waals surface area contributed by atoms with Gasteiger partial charge < -0.3 is 10.1 Å². The molecule has 1 saturated heterocycles. The molecule has 1 atom stereocenters. The molecule has 0 bridgehead atoms. The lowest BCUT2D eigenvalue weighted by Gasteiger charge is -2.11. The van der Waals surface area contributed by atoms with Gasteiger partial charge in [0.2, 0.25) is 0 Å². The van der Waals surface area contributed by atoms with Crippen molar-refractivity contribution in [2.75, 3.05) is 13.2 Å².